The summed E-state index contributed by atoms with van der Waals surface area (Å²) in [5, 5.41) is 0. The molecule has 4 nitrogen and oxygen atoms in total. The number of aromatic nitrogens is 1. The lowest BCUT2D eigenvalue weighted by Gasteiger charge is -2.23. The van der Waals surface area contributed by atoms with E-state index < -0.39 is 0 Å². The number of pyridine rings is 1. The Hall–Kier alpha value is -2.85. The summed E-state index contributed by atoms with van der Waals surface area (Å²) in [6.45, 7) is 3.71. The number of hydrogen-bond donors (Lipinski definition) is 0. The molecule has 0 spiro atoms. The summed E-state index contributed by atoms with van der Waals surface area (Å²) < 4.78 is 12.2. The third kappa shape index (κ3) is 5.83. The lowest BCUT2D eigenvalue weighted by molar-refractivity contribution is 0.249. The molecule has 4 rings (SSSR count). The maximum atomic E-state index is 6.21. The van der Waals surface area contributed by atoms with Gasteiger partial charge >= 0.3 is 0 Å². The summed E-state index contributed by atoms with van der Waals surface area (Å²) in [4.78, 5) is 7.07. The largest absolute Gasteiger partial charge is 0.490 e. The number of rotatable bonds is 4. The predicted molar refractivity (Wildman–Crippen MR) is 120 cm³/mol. The van der Waals surface area contributed by atoms with Gasteiger partial charge in [0, 0.05) is 18.3 Å². The van der Waals surface area contributed by atoms with Crippen molar-refractivity contribution in [2.24, 2.45) is 0 Å². The van der Waals surface area contributed by atoms with Crippen molar-refractivity contribution in [2.45, 2.75) is 38.6 Å². The molecule has 0 fully saturated rings. The van der Waals surface area contributed by atoms with E-state index in [0.717, 1.165) is 62.4 Å². The molecule has 2 heterocycles. The van der Waals surface area contributed by atoms with Crippen LogP contribution in [0.4, 0.5) is 0 Å². The molecular weight excluding hydrogens is 372 g/mol. The molecule has 0 amide bonds. The van der Waals surface area contributed by atoms with E-state index >= 15 is 0 Å². The molecule has 156 valence electrons. The molecule has 0 saturated heterocycles. The van der Waals surface area contributed by atoms with Crippen LogP contribution in [0.15, 0.2) is 72.9 Å². The second-order valence-electron chi connectivity index (χ2n) is 7.79. The highest BCUT2D eigenvalue weighted by molar-refractivity contribution is 5.42. The second kappa shape index (κ2) is 10.8. The van der Waals surface area contributed by atoms with Crippen LogP contribution in [-0.2, 0) is 13.0 Å². The van der Waals surface area contributed by atoms with Gasteiger partial charge in [-0.3, -0.25) is 4.90 Å². The quantitative estimate of drug-likeness (QED) is 0.546. The Balaban J connectivity index is 1.49. The lowest BCUT2D eigenvalue weighted by Crippen LogP contribution is -2.26. The minimum absolute atomic E-state index is 0.667. The van der Waals surface area contributed by atoms with Crippen molar-refractivity contribution in [1.29, 1.82) is 0 Å². The standard InChI is InChI=1S/C26H30N2O2/c1-3-11-22(12-4-1)13-10-19-28-18-7-2-8-20-29-24-15-5-6-16-25(24)30-26-23(21-28)14-9-17-27-26/h1,3-6,9,11-12,14-17H,2,7-8,10,13,18-21H2. The molecule has 30 heavy (non-hydrogen) atoms. The van der Waals surface area contributed by atoms with Crippen molar-refractivity contribution >= 4 is 0 Å². The van der Waals surface area contributed by atoms with Crippen molar-refractivity contribution in [3.63, 3.8) is 0 Å². The van der Waals surface area contributed by atoms with Gasteiger partial charge < -0.3 is 9.47 Å². The summed E-state index contributed by atoms with van der Waals surface area (Å²) >= 11 is 0. The van der Waals surface area contributed by atoms with Crippen molar-refractivity contribution in [1.82, 2.24) is 9.88 Å². The average molecular weight is 403 g/mol. The van der Waals surface area contributed by atoms with Gasteiger partial charge in [-0.2, -0.15) is 0 Å². The molecule has 1 aromatic heterocycles. The molecule has 0 aliphatic carbocycles. The van der Waals surface area contributed by atoms with Crippen LogP contribution in [0, 0.1) is 0 Å². The van der Waals surface area contributed by atoms with Gasteiger partial charge in [0.05, 0.1) is 6.61 Å². The molecule has 1 aliphatic heterocycles. The summed E-state index contributed by atoms with van der Waals surface area (Å²) in [5.41, 5.74) is 2.52. The summed E-state index contributed by atoms with van der Waals surface area (Å²) in [6, 6.07) is 22.7. The van der Waals surface area contributed by atoms with E-state index in [0.29, 0.717) is 12.5 Å². The first kappa shape index (κ1) is 20.4. The van der Waals surface area contributed by atoms with Crippen molar-refractivity contribution in [2.75, 3.05) is 19.7 Å². The smallest absolute Gasteiger partial charge is 0.223 e. The van der Waals surface area contributed by atoms with E-state index in [9.17, 15) is 0 Å². The van der Waals surface area contributed by atoms with E-state index in [4.69, 9.17) is 9.47 Å². The number of benzene rings is 2. The third-order valence-corrected chi connectivity index (χ3v) is 5.46. The van der Waals surface area contributed by atoms with Gasteiger partial charge in [-0.1, -0.05) is 48.5 Å². The van der Waals surface area contributed by atoms with Gasteiger partial charge in [-0.05, 0) is 69.0 Å². The molecule has 0 radical (unpaired) electrons. The van der Waals surface area contributed by atoms with Gasteiger partial charge in [0.15, 0.2) is 11.5 Å². The number of fused-ring (bicyclic) bond motifs is 2. The highest BCUT2D eigenvalue weighted by Crippen LogP contribution is 2.32. The Morgan fingerprint density at radius 1 is 0.833 bits per heavy atom. The van der Waals surface area contributed by atoms with E-state index in [1.54, 1.807) is 6.20 Å². The Kier molecular flexibility index (Phi) is 7.35. The average Bonchev–Trinajstić information content (AvgIpc) is 2.80. The molecule has 1 aliphatic rings. The fraction of sp³-hybridized carbons (Fsp3) is 0.346. The maximum absolute atomic E-state index is 6.21. The number of ether oxygens (including phenoxy) is 2. The van der Waals surface area contributed by atoms with Crippen molar-refractivity contribution in [3.05, 3.63) is 84.1 Å². The minimum Gasteiger partial charge on any atom is -0.490 e. The molecule has 3 aromatic rings. The number of para-hydroxylation sites is 2. The van der Waals surface area contributed by atoms with Crippen LogP contribution in [0.25, 0.3) is 0 Å². The molecule has 0 atom stereocenters. The van der Waals surface area contributed by atoms with Crippen LogP contribution in [0.1, 0.15) is 36.8 Å². The first-order valence-corrected chi connectivity index (χ1v) is 11.0. The van der Waals surface area contributed by atoms with Crippen LogP contribution in [-0.4, -0.2) is 29.6 Å². The number of nitrogens with zero attached hydrogens (tertiary/aromatic N) is 2. The van der Waals surface area contributed by atoms with Crippen LogP contribution in [0.2, 0.25) is 0 Å². The van der Waals surface area contributed by atoms with E-state index in [1.807, 2.05) is 30.3 Å². The maximum Gasteiger partial charge on any atom is 0.223 e. The van der Waals surface area contributed by atoms with Crippen LogP contribution >= 0.6 is 0 Å². The first-order valence-electron chi connectivity index (χ1n) is 11.0. The van der Waals surface area contributed by atoms with Gasteiger partial charge in [0.2, 0.25) is 5.88 Å². The fourth-order valence-corrected chi connectivity index (χ4v) is 3.85. The Bertz CT molecular complexity index is 914. The fourth-order valence-electron chi connectivity index (χ4n) is 3.85. The molecule has 2 aromatic carbocycles. The second-order valence-corrected chi connectivity index (χ2v) is 7.79. The monoisotopic (exact) mass is 402 g/mol. The SMILES string of the molecule is c1ccc(CCCN2CCCCCOc3ccccc3Oc3ncccc3C2)cc1. The highest BCUT2D eigenvalue weighted by atomic mass is 16.5. The molecular formula is C26H30N2O2. The zero-order valence-corrected chi connectivity index (χ0v) is 17.5. The zero-order chi connectivity index (χ0) is 20.4. The number of hydrogen-bond acceptors (Lipinski definition) is 4. The topological polar surface area (TPSA) is 34.6 Å². The van der Waals surface area contributed by atoms with Gasteiger partial charge in [-0.15, -0.1) is 0 Å². The van der Waals surface area contributed by atoms with E-state index in [2.05, 4.69) is 46.3 Å². The van der Waals surface area contributed by atoms with Gasteiger partial charge in [-0.25, -0.2) is 4.98 Å². The minimum atomic E-state index is 0.667. The molecule has 0 bridgehead atoms. The van der Waals surface area contributed by atoms with Gasteiger partial charge in [0.1, 0.15) is 0 Å². The Labute approximate surface area is 179 Å². The van der Waals surface area contributed by atoms with Crippen molar-refractivity contribution < 1.29 is 9.47 Å². The molecule has 0 N–H and O–H groups in total. The Morgan fingerprint density at radius 2 is 1.67 bits per heavy atom. The Morgan fingerprint density at radius 3 is 2.57 bits per heavy atom. The predicted octanol–water partition coefficient (Wildman–Crippen LogP) is 5.87. The van der Waals surface area contributed by atoms with E-state index in [1.165, 1.54) is 12.0 Å². The van der Waals surface area contributed by atoms with Crippen LogP contribution in [0.3, 0.4) is 0 Å². The highest BCUT2D eigenvalue weighted by Gasteiger charge is 2.14. The summed E-state index contributed by atoms with van der Waals surface area (Å²) in [5.74, 6) is 2.18. The normalized spacial score (nSPS) is 15.3. The lowest BCUT2D eigenvalue weighted by atomic mass is 10.1. The van der Waals surface area contributed by atoms with Crippen LogP contribution in [0.5, 0.6) is 17.4 Å². The van der Waals surface area contributed by atoms with Crippen LogP contribution < -0.4 is 9.47 Å². The van der Waals surface area contributed by atoms with Gasteiger partial charge in [0.25, 0.3) is 0 Å². The van der Waals surface area contributed by atoms with E-state index in [-0.39, 0.29) is 0 Å². The first-order chi connectivity index (χ1) is 14.9. The third-order valence-electron chi connectivity index (χ3n) is 5.46. The molecule has 0 unspecified atom stereocenters. The zero-order valence-electron chi connectivity index (χ0n) is 17.5. The summed E-state index contributed by atoms with van der Waals surface area (Å²) in [6.07, 6.45) is 7.43. The van der Waals surface area contributed by atoms with Crippen molar-refractivity contribution in [3.8, 4) is 17.4 Å². The number of aryl methyl sites for hydroxylation is 1. The molecule has 4 heteroatoms. The summed E-state index contributed by atoms with van der Waals surface area (Å²) in [7, 11) is 0. The molecule has 0 saturated carbocycles.